The fourth-order valence-corrected chi connectivity index (χ4v) is 6.38. The van der Waals surface area contributed by atoms with Gasteiger partial charge in [-0.2, -0.15) is 0 Å². The molecule has 1 aliphatic carbocycles. The van der Waals surface area contributed by atoms with Crippen molar-refractivity contribution in [1.29, 1.82) is 0 Å². The first-order chi connectivity index (χ1) is 20.6. The zero-order chi connectivity index (χ0) is 31.7. The van der Waals surface area contributed by atoms with E-state index in [0.717, 1.165) is 18.1 Å². The van der Waals surface area contributed by atoms with Crippen molar-refractivity contribution in [3.8, 4) is 5.75 Å². The number of nitrogens with zero attached hydrogens (tertiary/aromatic N) is 2. The molecule has 3 nitrogen and oxygen atoms in total. The first-order valence-corrected chi connectivity index (χ1v) is 15.5. The Morgan fingerprint density at radius 1 is 0.907 bits per heavy atom. The molecule has 0 radical (unpaired) electrons. The molecule has 0 bridgehead atoms. The summed E-state index contributed by atoms with van der Waals surface area (Å²) in [6.07, 6.45) is 6.89. The number of anilines is 1. The molecule has 3 aromatic carbocycles. The number of rotatable bonds is 11. The van der Waals surface area contributed by atoms with Crippen LogP contribution in [-0.4, -0.2) is 22.5 Å². The van der Waals surface area contributed by atoms with Crippen molar-refractivity contribution in [2.45, 2.75) is 76.7 Å². The minimum atomic E-state index is -1.41. The van der Waals surface area contributed by atoms with Gasteiger partial charge in [0.1, 0.15) is 10.6 Å². The lowest BCUT2D eigenvalue weighted by Gasteiger charge is -2.31. The summed E-state index contributed by atoms with van der Waals surface area (Å²) in [5, 5.41) is 10.4. The molecule has 1 saturated carbocycles. The number of benzene rings is 3. The molecule has 0 heterocycles. The minimum Gasteiger partial charge on any atom is -0.508 e. The van der Waals surface area contributed by atoms with Gasteiger partial charge in [0.05, 0.1) is 0 Å². The second-order valence-electron chi connectivity index (χ2n) is 10.9. The molecule has 1 N–H and O–H groups in total. The minimum absolute atomic E-state index is 0.141. The number of hydrogen-bond donors (Lipinski definition) is 1. The molecule has 0 unspecified atom stereocenters. The predicted octanol–water partition coefficient (Wildman–Crippen LogP) is 10.4. The molecule has 1 fully saturated rings. The van der Waals surface area contributed by atoms with E-state index in [4.69, 9.17) is 0 Å². The summed E-state index contributed by atoms with van der Waals surface area (Å²) >= 11 is 0.641. The van der Waals surface area contributed by atoms with E-state index in [1.165, 1.54) is 37.7 Å². The fraction of sp³-hybridized carbons (Fsp3) is 0.371. The Labute approximate surface area is 258 Å². The molecule has 0 saturated heterocycles. The average molecular weight is 615 g/mol. The lowest BCUT2D eigenvalue weighted by atomic mass is 9.84. The third-order valence-electron chi connectivity index (χ3n) is 7.78. The van der Waals surface area contributed by atoms with E-state index in [1.807, 2.05) is 30.9 Å². The molecular formula is C35H42F4N2OS. The van der Waals surface area contributed by atoms with Crippen LogP contribution in [0.4, 0.5) is 23.2 Å². The summed E-state index contributed by atoms with van der Waals surface area (Å²) in [5.41, 5.74) is 3.74. The Hall–Kier alpha value is -3.23. The van der Waals surface area contributed by atoms with E-state index in [1.54, 1.807) is 10.4 Å². The normalized spacial score (nSPS) is 13.5. The quantitative estimate of drug-likeness (QED) is 0.101. The third kappa shape index (κ3) is 8.45. The van der Waals surface area contributed by atoms with Gasteiger partial charge in [-0.15, -0.1) is 13.2 Å². The highest BCUT2D eigenvalue weighted by molar-refractivity contribution is 7.97. The topological polar surface area (TPSA) is 26.7 Å². The van der Waals surface area contributed by atoms with Crippen molar-refractivity contribution >= 4 is 17.6 Å². The SMILES string of the molecule is C=C.C=C(CN(CCC)Sc1c(F)c(F)c(C)c(F)c1F)N(Cc1ccc(C2CCCCC2)cc1)c1ccc(C)c(O)c1. The van der Waals surface area contributed by atoms with Gasteiger partial charge < -0.3 is 10.0 Å². The van der Waals surface area contributed by atoms with Crippen LogP contribution in [0.1, 0.15) is 73.6 Å². The summed E-state index contributed by atoms with van der Waals surface area (Å²) < 4.78 is 59.6. The Kier molecular flexibility index (Phi) is 12.8. The Morgan fingerprint density at radius 3 is 2.07 bits per heavy atom. The molecule has 4 rings (SSSR count). The monoisotopic (exact) mass is 614 g/mol. The summed E-state index contributed by atoms with van der Waals surface area (Å²) in [6.45, 7) is 16.0. The maximum absolute atomic E-state index is 14.7. The maximum atomic E-state index is 14.7. The molecule has 0 aromatic heterocycles. The van der Waals surface area contributed by atoms with E-state index in [2.05, 4.69) is 44.0 Å². The van der Waals surface area contributed by atoms with Gasteiger partial charge in [-0.05, 0) is 73.7 Å². The van der Waals surface area contributed by atoms with Gasteiger partial charge in [0.25, 0.3) is 0 Å². The summed E-state index contributed by atoms with van der Waals surface area (Å²) in [6, 6.07) is 14.0. The second-order valence-corrected chi connectivity index (χ2v) is 12.0. The van der Waals surface area contributed by atoms with E-state index >= 15 is 0 Å². The lowest BCUT2D eigenvalue weighted by Crippen LogP contribution is -2.30. The predicted molar refractivity (Wildman–Crippen MR) is 170 cm³/mol. The average Bonchev–Trinajstić information content (AvgIpc) is 3.03. The van der Waals surface area contributed by atoms with E-state index in [-0.39, 0.29) is 12.3 Å². The lowest BCUT2D eigenvalue weighted by molar-refractivity contribution is 0.413. The molecule has 0 spiro atoms. The molecule has 0 aliphatic heterocycles. The molecule has 0 amide bonds. The van der Waals surface area contributed by atoms with Crippen LogP contribution in [0.3, 0.4) is 0 Å². The summed E-state index contributed by atoms with van der Waals surface area (Å²) in [4.78, 5) is 1.23. The molecule has 43 heavy (non-hydrogen) atoms. The van der Waals surface area contributed by atoms with Crippen LogP contribution in [0.25, 0.3) is 0 Å². The zero-order valence-corrected chi connectivity index (χ0v) is 26.2. The van der Waals surface area contributed by atoms with Crippen LogP contribution in [0, 0.1) is 37.1 Å². The number of aromatic hydroxyl groups is 1. The Morgan fingerprint density at radius 2 is 1.51 bits per heavy atom. The number of halogens is 4. The van der Waals surface area contributed by atoms with Crippen LogP contribution in [-0.2, 0) is 6.54 Å². The van der Waals surface area contributed by atoms with Crippen LogP contribution in [0.2, 0.25) is 0 Å². The second kappa shape index (κ2) is 16.0. The van der Waals surface area contributed by atoms with Crippen molar-refractivity contribution in [2.75, 3.05) is 18.0 Å². The van der Waals surface area contributed by atoms with Crippen LogP contribution >= 0.6 is 11.9 Å². The van der Waals surface area contributed by atoms with Gasteiger partial charge in [-0.1, -0.05) is 63.1 Å². The smallest absolute Gasteiger partial charge is 0.177 e. The van der Waals surface area contributed by atoms with Crippen molar-refractivity contribution in [3.63, 3.8) is 0 Å². The fourth-order valence-electron chi connectivity index (χ4n) is 5.29. The number of hydrogen-bond acceptors (Lipinski definition) is 4. The molecule has 1 aliphatic rings. The maximum Gasteiger partial charge on any atom is 0.177 e. The number of aryl methyl sites for hydroxylation is 1. The van der Waals surface area contributed by atoms with E-state index in [0.29, 0.717) is 48.8 Å². The van der Waals surface area contributed by atoms with Gasteiger partial charge >= 0.3 is 0 Å². The molecule has 8 heteroatoms. The van der Waals surface area contributed by atoms with Crippen molar-refractivity contribution in [1.82, 2.24) is 4.31 Å². The number of phenols is 1. The van der Waals surface area contributed by atoms with E-state index < -0.39 is 33.7 Å². The Balaban J connectivity index is 0.00000248. The van der Waals surface area contributed by atoms with Gasteiger partial charge in [-0.25, -0.2) is 21.9 Å². The highest BCUT2D eigenvalue weighted by atomic mass is 32.2. The Bertz CT molecular complexity index is 1360. The van der Waals surface area contributed by atoms with Gasteiger partial charge in [0.2, 0.25) is 0 Å². The first kappa shape index (κ1) is 34.3. The summed E-state index contributed by atoms with van der Waals surface area (Å²) in [5.74, 6) is -4.87. The number of phenolic OH excluding ortho intramolecular Hbond substituents is 1. The van der Waals surface area contributed by atoms with Crippen LogP contribution in [0.5, 0.6) is 5.75 Å². The first-order valence-electron chi connectivity index (χ1n) is 14.7. The molecule has 232 valence electrons. The van der Waals surface area contributed by atoms with Gasteiger partial charge in [-0.3, -0.25) is 0 Å². The third-order valence-corrected chi connectivity index (χ3v) is 8.89. The summed E-state index contributed by atoms with van der Waals surface area (Å²) in [7, 11) is 0. The molecule has 0 atom stereocenters. The van der Waals surface area contributed by atoms with E-state index in [9.17, 15) is 22.7 Å². The van der Waals surface area contributed by atoms with Crippen molar-refractivity contribution in [2.24, 2.45) is 0 Å². The van der Waals surface area contributed by atoms with Crippen molar-refractivity contribution in [3.05, 3.63) is 113 Å². The van der Waals surface area contributed by atoms with Crippen molar-refractivity contribution < 1.29 is 22.7 Å². The highest BCUT2D eigenvalue weighted by Gasteiger charge is 2.26. The van der Waals surface area contributed by atoms with Gasteiger partial charge in [0.15, 0.2) is 23.3 Å². The molecular weight excluding hydrogens is 572 g/mol. The van der Waals surface area contributed by atoms with Gasteiger partial charge in [0, 0.05) is 42.6 Å². The molecule has 3 aromatic rings. The largest absolute Gasteiger partial charge is 0.508 e. The highest BCUT2D eigenvalue weighted by Crippen LogP contribution is 2.36. The standard InChI is InChI=1S/C33H38F4N2OS.C2H4/c1-5-17-38(41-33-31(36)29(34)23(4)30(35)32(33)37)19-22(3)39(27-16-11-21(2)28(40)18-27)20-24-12-14-26(15-13-24)25-9-7-6-8-10-25;1-2/h11-16,18,25,40H,3,5-10,17,19-20H2,1-2,4H3;1-2H2. The van der Waals surface area contributed by atoms with Crippen LogP contribution < -0.4 is 4.90 Å². The zero-order valence-electron chi connectivity index (χ0n) is 25.4. The van der Waals surface area contributed by atoms with Crippen LogP contribution in [0.15, 0.2) is 72.8 Å².